The second-order valence-corrected chi connectivity index (χ2v) is 5.02. The van der Waals surface area contributed by atoms with Crippen LogP contribution in [0.4, 0.5) is 0 Å². The van der Waals surface area contributed by atoms with Crippen LogP contribution in [0.3, 0.4) is 0 Å². The van der Waals surface area contributed by atoms with Gasteiger partial charge in [-0.1, -0.05) is 48.5 Å². The summed E-state index contributed by atoms with van der Waals surface area (Å²) in [6.45, 7) is 0. The highest BCUT2D eigenvalue weighted by Crippen LogP contribution is 2.28. The van der Waals surface area contributed by atoms with Gasteiger partial charge in [0.2, 0.25) is 0 Å². The average molecular weight is 252 g/mol. The van der Waals surface area contributed by atoms with E-state index >= 15 is 0 Å². The molecule has 88 valence electrons. The molecular weight excluding hydrogens is 240 g/mol. The number of fused-ring (bicyclic) bond motifs is 1. The highest BCUT2D eigenvalue weighted by molar-refractivity contribution is 7.98. The van der Waals surface area contributed by atoms with Crippen LogP contribution in [0.2, 0.25) is 0 Å². The lowest BCUT2D eigenvalue weighted by Crippen LogP contribution is -1.87. The number of thioether (sulfide) groups is 1. The van der Waals surface area contributed by atoms with Crippen LogP contribution in [0, 0.1) is 0 Å². The predicted octanol–water partition coefficient (Wildman–Crippen LogP) is 3.92. The number of benzene rings is 2. The SMILES string of the molecule is c1ccc(CSc2cnnc3ccccc23)cc1. The summed E-state index contributed by atoms with van der Waals surface area (Å²) in [6, 6.07) is 18.6. The maximum Gasteiger partial charge on any atom is 0.0940 e. The summed E-state index contributed by atoms with van der Waals surface area (Å²) in [5.41, 5.74) is 2.28. The quantitative estimate of drug-likeness (QED) is 0.661. The van der Waals surface area contributed by atoms with E-state index in [1.54, 1.807) is 11.8 Å². The number of nitrogens with zero attached hydrogens (tertiary/aromatic N) is 2. The molecule has 0 N–H and O–H groups in total. The summed E-state index contributed by atoms with van der Waals surface area (Å²) in [5, 5.41) is 9.36. The predicted molar refractivity (Wildman–Crippen MR) is 75.5 cm³/mol. The fourth-order valence-electron chi connectivity index (χ4n) is 1.83. The first-order valence-corrected chi connectivity index (χ1v) is 6.79. The van der Waals surface area contributed by atoms with Gasteiger partial charge < -0.3 is 0 Å². The molecule has 3 aromatic rings. The van der Waals surface area contributed by atoms with Gasteiger partial charge in [-0.2, -0.15) is 10.2 Å². The van der Waals surface area contributed by atoms with Crippen LogP contribution in [0.1, 0.15) is 5.56 Å². The summed E-state index contributed by atoms with van der Waals surface area (Å²) in [7, 11) is 0. The van der Waals surface area contributed by atoms with E-state index < -0.39 is 0 Å². The third-order valence-corrected chi connectivity index (χ3v) is 3.86. The van der Waals surface area contributed by atoms with E-state index in [0.717, 1.165) is 11.3 Å². The van der Waals surface area contributed by atoms with Crippen LogP contribution in [-0.4, -0.2) is 10.2 Å². The molecule has 0 unspecified atom stereocenters. The van der Waals surface area contributed by atoms with Gasteiger partial charge in [-0.05, 0) is 11.6 Å². The molecule has 0 radical (unpaired) electrons. The van der Waals surface area contributed by atoms with Crippen LogP contribution in [0.15, 0.2) is 65.7 Å². The Morgan fingerprint density at radius 1 is 0.889 bits per heavy atom. The van der Waals surface area contributed by atoms with Gasteiger partial charge in [0.05, 0.1) is 11.7 Å². The topological polar surface area (TPSA) is 25.8 Å². The number of hydrogen-bond acceptors (Lipinski definition) is 3. The largest absolute Gasteiger partial charge is 0.157 e. The molecule has 0 fully saturated rings. The molecule has 2 aromatic carbocycles. The van der Waals surface area contributed by atoms with Crippen molar-refractivity contribution in [2.45, 2.75) is 10.6 Å². The summed E-state index contributed by atoms with van der Waals surface area (Å²) < 4.78 is 0. The van der Waals surface area contributed by atoms with Gasteiger partial charge in [0.1, 0.15) is 0 Å². The van der Waals surface area contributed by atoms with Crippen molar-refractivity contribution in [2.75, 3.05) is 0 Å². The second kappa shape index (κ2) is 5.19. The Labute approximate surface area is 110 Å². The highest BCUT2D eigenvalue weighted by atomic mass is 32.2. The molecular formula is C15H12N2S. The standard InChI is InChI=1S/C15H12N2S/c1-2-6-12(7-3-1)11-18-15-10-16-17-14-9-5-4-8-13(14)15/h1-10H,11H2. The molecule has 1 heterocycles. The first-order valence-electron chi connectivity index (χ1n) is 5.80. The maximum atomic E-state index is 4.13. The molecule has 0 aliphatic rings. The molecule has 2 nitrogen and oxygen atoms in total. The van der Waals surface area contributed by atoms with Gasteiger partial charge in [-0.25, -0.2) is 0 Å². The molecule has 0 aliphatic heterocycles. The van der Waals surface area contributed by atoms with Gasteiger partial charge >= 0.3 is 0 Å². The van der Waals surface area contributed by atoms with Crippen LogP contribution in [-0.2, 0) is 5.75 Å². The molecule has 0 spiro atoms. The molecule has 0 bridgehead atoms. The highest BCUT2D eigenvalue weighted by Gasteiger charge is 2.03. The molecule has 18 heavy (non-hydrogen) atoms. The van der Waals surface area contributed by atoms with Gasteiger partial charge in [0.25, 0.3) is 0 Å². The third kappa shape index (κ3) is 2.36. The van der Waals surface area contributed by atoms with Crippen molar-refractivity contribution in [2.24, 2.45) is 0 Å². The van der Waals surface area contributed by atoms with E-state index in [1.165, 1.54) is 15.8 Å². The molecule has 0 atom stereocenters. The van der Waals surface area contributed by atoms with Crippen molar-refractivity contribution in [1.29, 1.82) is 0 Å². The van der Waals surface area contributed by atoms with Crippen LogP contribution >= 0.6 is 11.8 Å². The minimum absolute atomic E-state index is 0.954. The van der Waals surface area contributed by atoms with E-state index in [0.29, 0.717) is 0 Å². The Balaban J connectivity index is 1.87. The van der Waals surface area contributed by atoms with Crippen molar-refractivity contribution < 1.29 is 0 Å². The Bertz CT molecular complexity index is 647. The first-order chi connectivity index (χ1) is 8.93. The van der Waals surface area contributed by atoms with E-state index in [1.807, 2.05) is 30.5 Å². The van der Waals surface area contributed by atoms with Crippen LogP contribution in [0.5, 0.6) is 0 Å². The lowest BCUT2D eigenvalue weighted by molar-refractivity contribution is 1.05. The maximum absolute atomic E-state index is 4.13. The zero-order valence-corrected chi connectivity index (χ0v) is 10.6. The Morgan fingerprint density at radius 2 is 1.67 bits per heavy atom. The second-order valence-electron chi connectivity index (χ2n) is 4.00. The minimum Gasteiger partial charge on any atom is -0.157 e. The van der Waals surface area contributed by atoms with Gasteiger partial charge in [-0.15, -0.1) is 11.8 Å². The summed E-state index contributed by atoms with van der Waals surface area (Å²) >= 11 is 1.80. The number of hydrogen-bond donors (Lipinski definition) is 0. The molecule has 3 heteroatoms. The monoisotopic (exact) mass is 252 g/mol. The van der Waals surface area contributed by atoms with Gasteiger partial charge in [0, 0.05) is 16.0 Å². The molecule has 0 saturated carbocycles. The lowest BCUT2D eigenvalue weighted by Gasteiger charge is -2.04. The van der Waals surface area contributed by atoms with Crippen molar-refractivity contribution in [3.8, 4) is 0 Å². The smallest absolute Gasteiger partial charge is 0.0940 e. The lowest BCUT2D eigenvalue weighted by atomic mass is 10.2. The number of rotatable bonds is 3. The van der Waals surface area contributed by atoms with Gasteiger partial charge in [-0.3, -0.25) is 0 Å². The van der Waals surface area contributed by atoms with Crippen molar-refractivity contribution in [3.63, 3.8) is 0 Å². The number of aromatic nitrogens is 2. The van der Waals surface area contributed by atoms with Crippen LogP contribution in [0.25, 0.3) is 10.9 Å². The van der Waals surface area contributed by atoms with E-state index in [2.05, 4.69) is 40.5 Å². The zero-order valence-electron chi connectivity index (χ0n) is 9.78. The average Bonchev–Trinajstić information content (AvgIpc) is 2.46. The summed E-state index contributed by atoms with van der Waals surface area (Å²) in [6.07, 6.45) is 1.84. The summed E-state index contributed by atoms with van der Waals surface area (Å²) in [4.78, 5) is 1.18. The van der Waals surface area contributed by atoms with Crippen molar-refractivity contribution in [3.05, 3.63) is 66.4 Å². The molecule has 0 amide bonds. The van der Waals surface area contributed by atoms with E-state index in [4.69, 9.17) is 0 Å². The molecule has 3 rings (SSSR count). The summed E-state index contributed by atoms with van der Waals surface area (Å²) in [5.74, 6) is 0.955. The van der Waals surface area contributed by atoms with Crippen molar-refractivity contribution >= 4 is 22.7 Å². The Morgan fingerprint density at radius 3 is 2.56 bits per heavy atom. The molecule has 0 aliphatic carbocycles. The molecule has 1 aromatic heterocycles. The normalized spacial score (nSPS) is 10.7. The zero-order chi connectivity index (χ0) is 12.2. The third-order valence-electron chi connectivity index (χ3n) is 2.75. The van der Waals surface area contributed by atoms with E-state index in [-0.39, 0.29) is 0 Å². The minimum atomic E-state index is 0.954. The Kier molecular flexibility index (Phi) is 3.24. The van der Waals surface area contributed by atoms with Crippen molar-refractivity contribution in [1.82, 2.24) is 10.2 Å². The Hall–Kier alpha value is -1.87. The first kappa shape index (κ1) is 11.2. The molecule has 0 saturated heterocycles. The fourth-order valence-corrected chi connectivity index (χ4v) is 2.80. The van der Waals surface area contributed by atoms with Gasteiger partial charge in [0.15, 0.2) is 0 Å². The fraction of sp³-hybridized carbons (Fsp3) is 0.0667. The van der Waals surface area contributed by atoms with E-state index in [9.17, 15) is 0 Å². The van der Waals surface area contributed by atoms with Crippen LogP contribution < -0.4 is 0 Å².